The van der Waals surface area contributed by atoms with E-state index in [2.05, 4.69) is 17.4 Å². The molecule has 0 heterocycles. The lowest BCUT2D eigenvalue weighted by Crippen LogP contribution is -2.08. The highest BCUT2D eigenvalue weighted by atomic mass is 35.5. The van der Waals surface area contributed by atoms with Crippen LogP contribution in [0.1, 0.15) is 10.8 Å². The predicted octanol–water partition coefficient (Wildman–Crippen LogP) is 2.48. The van der Waals surface area contributed by atoms with Crippen molar-refractivity contribution in [1.82, 2.24) is 0 Å². The number of hydrogen-bond donors (Lipinski definition) is 1. The van der Waals surface area contributed by atoms with Gasteiger partial charge in [-0.05, 0) is 17.7 Å². The molecule has 0 amide bonds. The van der Waals surface area contributed by atoms with E-state index in [-0.39, 0.29) is 5.97 Å². The van der Waals surface area contributed by atoms with Gasteiger partial charge < -0.3 is 4.74 Å². The van der Waals surface area contributed by atoms with Crippen molar-refractivity contribution in [3.8, 4) is 0 Å². The molecular weight excluding hydrogens is 208 g/mol. The van der Waals surface area contributed by atoms with E-state index in [1.54, 1.807) is 24.3 Å². The maximum absolute atomic E-state index is 11.1. The lowest BCUT2D eigenvalue weighted by molar-refractivity contribution is -0.140. The number of esters is 1. The van der Waals surface area contributed by atoms with Crippen LogP contribution in [0.15, 0.2) is 24.3 Å². The van der Waals surface area contributed by atoms with Crippen molar-refractivity contribution in [2.45, 2.75) is 5.25 Å². The number of hydrogen-bond acceptors (Lipinski definition) is 3. The summed E-state index contributed by atoms with van der Waals surface area (Å²) >= 11 is 9.80. The van der Waals surface area contributed by atoms with Crippen molar-refractivity contribution in [3.05, 3.63) is 34.9 Å². The van der Waals surface area contributed by atoms with Crippen LogP contribution in [0.3, 0.4) is 0 Å². The van der Waals surface area contributed by atoms with E-state index in [0.29, 0.717) is 5.02 Å². The van der Waals surface area contributed by atoms with Crippen molar-refractivity contribution in [2.75, 3.05) is 7.11 Å². The molecule has 1 aromatic carbocycles. The average Bonchev–Trinajstić information content (AvgIpc) is 2.17. The van der Waals surface area contributed by atoms with Crippen LogP contribution in [0, 0.1) is 0 Å². The molecule has 0 saturated heterocycles. The van der Waals surface area contributed by atoms with E-state index in [1.807, 2.05) is 0 Å². The predicted molar refractivity (Wildman–Crippen MR) is 55.2 cm³/mol. The summed E-state index contributed by atoms with van der Waals surface area (Å²) in [6.45, 7) is 0. The van der Waals surface area contributed by atoms with E-state index in [0.717, 1.165) is 5.56 Å². The molecule has 0 radical (unpaired) electrons. The van der Waals surface area contributed by atoms with Crippen LogP contribution in [0.25, 0.3) is 0 Å². The summed E-state index contributed by atoms with van der Waals surface area (Å²) in [5.41, 5.74) is 0.777. The molecule has 13 heavy (non-hydrogen) atoms. The summed E-state index contributed by atoms with van der Waals surface area (Å²) in [5, 5.41) is 0.0939. The zero-order valence-electron chi connectivity index (χ0n) is 7.03. The van der Waals surface area contributed by atoms with Gasteiger partial charge in [-0.15, -0.1) is 0 Å². The van der Waals surface area contributed by atoms with E-state index in [1.165, 1.54) is 7.11 Å². The summed E-state index contributed by atoms with van der Waals surface area (Å²) in [6.07, 6.45) is 0. The molecule has 2 nitrogen and oxygen atoms in total. The van der Waals surface area contributed by atoms with Crippen molar-refractivity contribution < 1.29 is 9.53 Å². The molecule has 0 aliphatic heterocycles. The van der Waals surface area contributed by atoms with Crippen LogP contribution < -0.4 is 0 Å². The largest absolute Gasteiger partial charge is 0.468 e. The number of carbonyl (C=O) groups is 1. The van der Waals surface area contributed by atoms with E-state index in [9.17, 15) is 4.79 Å². The third kappa shape index (κ3) is 2.64. The Kier molecular flexibility index (Phi) is 3.63. The first-order valence-electron chi connectivity index (χ1n) is 3.66. The number of carbonyl (C=O) groups excluding carboxylic acids is 1. The van der Waals surface area contributed by atoms with Gasteiger partial charge in [0.15, 0.2) is 0 Å². The van der Waals surface area contributed by atoms with E-state index >= 15 is 0 Å². The smallest absolute Gasteiger partial charge is 0.323 e. The molecule has 0 bridgehead atoms. The van der Waals surface area contributed by atoms with Gasteiger partial charge in [0.05, 0.1) is 7.11 Å². The molecular formula is C9H9ClO2S. The minimum absolute atomic E-state index is 0.370. The minimum Gasteiger partial charge on any atom is -0.468 e. The maximum atomic E-state index is 11.1. The Labute approximate surface area is 87.3 Å². The Morgan fingerprint density at radius 1 is 1.46 bits per heavy atom. The van der Waals surface area contributed by atoms with Crippen LogP contribution in [0.5, 0.6) is 0 Å². The first kappa shape index (κ1) is 10.4. The fraction of sp³-hybridized carbons (Fsp3) is 0.222. The summed E-state index contributed by atoms with van der Waals surface area (Å²) in [4.78, 5) is 11.1. The lowest BCUT2D eigenvalue weighted by atomic mass is 10.1. The van der Waals surface area contributed by atoms with E-state index in [4.69, 9.17) is 11.6 Å². The molecule has 70 valence electrons. The number of thiol groups is 1. The van der Waals surface area contributed by atoms with Gasteiger partial charge in [0.2, 0.25) is 0 Å². The molecule has 1 unspecified atom stereocenters. The normalized spacial score (nSPS) is 12.2. The van der Waals surface area contributed by atoms with Gasteiger partial charge in [0.1, 0.15) is 5.25 Å². The van der Waals surface area contributed by atoms with E-state index < -0.39 is 5.25 Å². The number of rotatable bonds is 2. The highest BCUT2D eigenvalue weighted by Gasteiger charge is 2.15. The summed E-state index contributed by atoms with van der Waals surface area (Å²) in [7, 11) is 1.33. The number of halogens is 1. The zero-order chi connectivity index (χ0) is 9.84. The van der Waals surface area contributed by atoms with Crippen molar-refractivity contribution in [2.24, 2.45) is 0 Å². The summed E-state index contributed by atoms with van der Waals surface area (Å²) < 4.78 is 4.55. The maximum Gasteiger partial charge on any atom is 0.323 e. The molecule has 0 aliphatic carbocycles. The van der Waals surface area contributed by atoms with Gasteiger partial charge >= 0.3 is 5.97 Å². The van der Waals surface area contributed by atoms with Crippen molar-refractivity contribution >= 4 is 30.2 Å². The SMILES string of the molecule is COC(=O)C(S)c1ccc(Cl)cc1. The molecule has 4 heteroatoms. The molecule has 0 saturated carbocycles. The monoisotopic (exact) mass is 216 g/mol. The molecule has 1 aromatic rings. The van der Waals surface area contributed by atoms with Gasteiger partial charge in [-0.2, -0.15) is 12.6 Å². The molecule has 0 fully saturated rings. The minimum atomic E-state index is -0.540. The summed E-state index contributed by atoms with van der Waals surface area (Å²) in [6, 6.07) is 6.92. The quantitative estimate of drug-likeness (QED) is 0.607. The Morgan fingerprint density at radius 2 is 2.00 bits per heavy atom. The first-order valence-corrected chi connectivity index (χ1v) is 4.56. The molecule has 0 spiro atoms. The number of ether oxygens (including phenoxy) is 1. The van der Waals surface area contributed by atoms with Crippen LogP contribution in [-0.4, -0.2) is 13.1 Å². The Morgan fingerprint density at radius 3 is 2.46 bits per heavy atom. The highest BCUT2D eigenvalue weighted by Crippen LogP contribution is 2.22. The average molecular weight is 217 g/mol. The second kappa shape index (κ2) is 4.53. The number of benzene rings is 1. The van der Waals surface area contributed by atoms with Crippen molar-refractivity contribution in [1.29, 1.82) is 0 Å². The Hall–Kier alpha value is -0.670. The van der Waals surface area contributed by atoms with Crippen molar-refractivity contribution in [3.63, 3.8) is 0 Å². The third-order valence-corrected chi connectivity index (χ3v) is 2.37. The lowest BCUT2D eigenvalue weighted by Gasteiger charge is -2.07. The third-order valence-electron chi connectivity index (χ3n) is 1.61. The van der Waals surface area contributed by atoms with Crippen LogP contribution in [0.2, 0.25) is 5.02 Å². The summed E-state index contributed by atoms with van der Waals surface area (Å²) in [5.74, 6) is -0.370. The molecule has 0 aromatic heterocycles. The second-order valence-electron chi connectivity index (χ2n) is 2.48. The number of methoxy groups -OCH3 is 1. The fourth-order valence-electron chi connectivity index (χ4n) is 0.893. The second-order valence-corrected chi connectivity index (χ2v) is 3.43. The highest BCUT2D eigenvalue weighted by molar-refractivity contribution is 7.81. The van der Waals surface area contributed by atoms with Gasteiger partial charge in [0, 0.05) is 5.02 Å². The molecule has 1 rings (SSSR count). The topological polar surface area (TPSA) is 26.3 Å². The Balaban J connectivity index is 2.83. The van der Waals surface area contributed by atoms with Crippen LogP contribution in [0.4, 0.5) is 0 Å². The Bertz CT molecular complexity index is 297. The van der Waals surface area contributed by atoms with Crippen LogP contribution >= 0.6 is 24.2 Å². The first-order chi connectivity index (χ1) is 6.15. The fourth-order valence-corrected chi connectivity index (χ4v) is 1.30. The molecule has 0 N–H and O–H groups in total. The zero-order valence-corrected chi connectivity index (χ0v) is 8.68. The van der Waals surface area contributed by atoms with Crippen LogP contribution in [-0.2, 0) is 9.53 Å². The van der Waals surface area contributed by atoms with Gasteiger partial charge in [-0.1, -0.05) is 23.7 Å². The van der Waals surface area contributed by atoms with Gasteiger partial charge in [0.25, 0.3) is 0 Å². The van der Waals surface area contributed by atoms with Gasteiger partial charge in [-0.3, -0.25) is 4.79 Å². The molecule has 1 atom stereocenters. The van der Waals surface area contributed by atoms with Gasteiger partial charge in [-0.25, -0.2) is 0 Å². The molecule has 0 aliphatic rings. The standard InChI is InChI=1S/C9H9ClO2S/c1-12-9(11)8(13)6-2-4-7(10)5-3-6/h2-5,8,13H,1H3.